The fourth-order valence-electron chi connectivity index (χ4n) is 1.42. The van der Waals surface area contributed by atoms with Crippen LogP contribution in [0.1, 0.15) is 11.1 Å². The van der Waals surface area contributed by atoms with Crippen molar-refractivity contribution in [2.75, 3.05) is 5.32 Å². The highest BCUT2D eigenvalue weighted by molar-refractivity contribution is 5.36. The van der Waals surface area contributed by atoms with Gasteiger partial charge in [-0.05, 0) is 24.6 Å². The quantitative estimate of drug-likeness (QED) is 0.881. The number of hydrogen-bond acceptors (Lipinski definition) is 2. The molecule has 2 rings (SSSR count). The average Bonchev–Trinajstić information content (AvgIpc) is 2.30. The highest BCUT2D eigenvalue weighted by atomic mass is 19.1. The molecule has 1 aromatic heterocycles. The normalized spacial score (nSPS) is 10.3. The van der Waals surface area contributed by atoms with E-state index in [1.54, 1.807) is 6.20 Å². The Balaban J connectivity index is 2.04. The molecule has 2 nitrogen and oxygen atoms in total. The lowest BCUT2D eigenvalue weighted by Gasteiger charge is -2.06. The van der Waals surface area contributed by atoms with Gasteiger partial charge in [0, 0.05) is 24.4 Å². The maximum atomic E-state index is 13.3. The highest BCUT2D eigenvalue weighted by Gasteiger charge is 2.03. The van der Waals surface area contributed by atoms with Crippen LogP contribution in [0.4, 0.5) is 14.6 Å². The molecule has 0 atom stereocenters. The maximum Gasteiger partial charge on any atom is 0.131 e. The summed E-state index contributed by atoms with van der Waals surface area (Å²) in [5.41, 5.74) is 1.47. The molecule has 17 heavy (non-hydrogen) atoms. The topological polar surface area (TPSA) is 24.9 Å². The first-order valence-electron chi connectivity index (χ1n) is 5.25. The van der Waals surface area contributed by atoms with E-state index in [0.717, 1.165) is 11.6 Å². The molecule has 0 fully saturated rings. The first-order chi connectivity index (χ1) is 8.15. The van der Waals surface area contributed by atoms with E-state index in [9.17, 15) is 8.78 Å². The van der Waals surface area contributed by atoms with Crippen molar-refractivity contribution in [2.45, 2.75) is 13.5 Å². The molecule has 4 heteroatoms. The van der Waals surface area contributed by atoms with Crippen LogP contribution in [-0.4, -0.2) is 4.98 Å². The molecule has 0 saturated heterocycles. The number of pyridine rings is 1. The second-order valence-corrected chi connectivity index (χ2v) is 3.81. The smallest absolute Gasteiger partial charge is 0.131 e. The summed E-state index contributed by atoms with van der Waals surface area (Å²) < 4.78 is 26.0. The van der Waals surface area contributed by atoms with Crippen LogP contribution in [0.15, 0.2) is 36.5 Å². The number of nitrogens with one attached hydrogen (secondary N) is 1. The summed E-state index contributed by atoms with van der Waals surface area (Å²) in [7, 11) is 0. The molecule has 1 aromatic carbocycles. The van der Waals surface area contributed by atoms with Crippen LogP contribution in [0.25, 0.3) is 0 Å². The maximum absolute atomic E-state index is 13.3. The molecule has 0 amide bonds. The number of nitrogens with zero attached hydrogens (tertiary/aromatic N) is 1. The number of anilines is 1. The molecule has 88 valence electrons. The zero-order valence-electron chi connectivity index (χ0n) is 9.37. The molecular formula is C13H12F2N2. The van der Waals surface area contributed by atoms with Gasteiger partial charge in [-0.1, -0.05) is 12.1 Å². The number of benzene rings is 1. The van der Waals surface area contributed by atoms with E-state index in [0.29, 0.717) is 11.4 Å². The Morgan fingerprint density at radius 2 is 2.00 bits per heavy atom. The molecule has 0 saturated carbocycles. The van der Waals surface area contributed by atoms with Crippen LogP contribution in [0.3, 0.4) is 0 Å². The van der Waals surface area contributed by atoms with E-state index in [-0.39, 0.29) is 6.54 Å². The van der Waals surface area contributed by atoms with Crippen molar-refractivity contribution in [2.24, 2.45) is 0 Å². The number of aromatic nitrogens is 1. The molecule has 0 spiro atoms. The molecule has 0 aliphatic carbocycles. The number of halogens is 2. The number of hydrogen-bond donors (Lipinski definition) is 1. The van der Waals surface area contributed by atoms with Crippen molar-refractivity contribution in [1.29, 1.82) is 0 Å². The van der Waals surface area contributed by atoms with Crippen LogP contribution < -0.4 is 5.32 Å². The Morgan fingerprint density at radius 3 is 2.65 bits per heavy atom. The summed E-state index contributed by atoms with van der Waals surface area (Å²) in [6.45, 7) is 2.22. The molecule has 2 aromatic rings. The van der Waals surface area contributed by atoms with E-state index < -0.39 is 11.6 Å². The van der Waals surface area contributed by atoms with E-state index in [4.69, 9.17) is 0 Å². The van der Waals surface area contributed by atoms with Crippen LogP contribution in [0, 0.1) is 18.6 Å². The predicted molar refractivity (Wildman–Crippen MR) is 62.7 cm³/mol. The first kappa shape index (κ1) is 11.5. The third-order valence-corrected chi connectivity index (χ3v) is 2.39. The minimum Gasteiger partial charge on any atom is -0.366 e. The van der Waals surface area contributed by atoms with Gasteiger partial charge in [0.1, 0.15) is 17.5 Å². The molecule has 1 N–H and O–H groups in total. The fourth-order valence-corrected chi connectivity index (χ4v) is 1.42. The largest absolute Gasteiger partial charge is 0.366 e. The summed E-state index contributed by atoms with van der Waals surface area (Å²) in [4.78, 5) is 4.13. The molecule has 0 aliphatic rings. The van der Waals surface area contributed by atoms with Crippen LogP contribution in [0.5, 0.6) is 0 Å². The predicted octanol–water partition coefficient (Wildman–Crippen LogP) is 3.28. The third kappa shape index (κ3) is 3.00. The molecular weight excluding hydrogens is 222 g/mol. The summed E-state index contributed by atoms with van der Waals surface area (Å²) >= 11 is 0. The summed E-state index contributed by atoms with van der Waals surface area (Å²) in [6, 6.07) is 7.27. The van der Waals surface area contributed by atoms with Gasteiger partial charge in [0.25, 0.3) is 0 Å². The van der Waals surface area contributed by atoms with Gasteiger partial charge in [-0.3, -0.25) is 0 Å². The minimum atomic E-state index is -0.570. The zero-order valence-corrected chi connectivity index (χ0v) is 9.37. The molecule has 0 aliphatic heterocycles. The summed E-state index contributed by atoms with van der Waals surface area (Å²) in [6.07, 6.45) is 1.73. The van der Waals surface area contributed by atoms with Gasteiger partial charge >= 0.3 is 0 Å². The van der Waals surface area contributed by atoms with Gasteiger partial charge in [0.05, 0.1) is 0 Å². The lowest BCUT2D eigenvalue weighted by molar-refractivity contribution is 0.574. The van der Waals surface area contributed by atoms with E-state index in [2.05, 4.69) is 10.3 Å². The van der Waals surface area contributed by atoms with E-state index in [1.807, 2.05) is 19.1 Å². The first-order valence-corrected chi connectivity index (χ1v) is 5.25. The average molecular weight is 234 g/mol. The van der Waals surface area contributed by atoms with Crippen molar-refractivity contribution in [1.82, 2.24) is 4.98 Å². The second-order valence-electron chi connectivity index (χ2n) is 3.81. The summed E-state index contributed by atoms with van der Waals surface area (Å²) in [5.74, 6) is -0.455. The third-order valence-electron chi connectivity index (χ3n) is 2.39. The monoisotopic (exact) mass is 234 g/mol. The number of rotatable bonds is 3. The highest BCUT2D eigenvalue weighted by Crippen LogP contribution is 2.12. The van der Waals surface area contributed by atoms with Gasteiger partial charge in [0.2, 0.25) is 0 Å². The van der Waals surface area contributed by atoms with Crippen molar-refractivity contribution < 1.29 is 8.78 Å². The van der Waals surface area contributed by atoms with Crippen LogP contribution in [0.2, 0.25) is 0 Å². The van der Waals surface area contributed by atoms with E-state index >= 15 is 0 Å². The van der Waals surface area contributed by atoms with Gasteiger partial charge < -0.3 is 5.32 Å². The number of aryl methyl sites for hydroxylation is 1. The van der Waals surface area contributed by atoms with Gasteiger partial charge in [-0.25, -0.2) is 13.8 Å². The molecule has 0 radical (unpaired) electrons. The molecule has 0 unspecified atom stereocenters. The van der Waals surface area contributed by atoms with Crippen molar-refractivity contribution in [3.63, 3.8) is 0 Å². The van der Waals surface area contributed by atoms with E-state index in [1.165, 1.54) is 12.1 Å². The lowest BCUT2D eigenvalue weighted by atomic mass is 10.2. The molecule has 1 heterocycles. The second kappa shape index (κ2) is 4.91. The Bertz CT molecular complexity index is 509. The van der Waals surface area contributed by atoms with Crippen molar-refractivity contribution >= 4 is 5.82 Å². The standard InChI is InChI=1S/C13H12F2N2/c1-9-2-5-13(16-7-9)17-8-10-3-4-11(14)6-12(10)15/h2-7H,8H2,1H3,(H,16,17). The lowest BCUT2D eigenvalue weighted by Crippen LogP contribution is -2.03. The Morgan fingerprint density at radius 1 is 1.18 bits per heavy atom. The SMILES string of the molecule is Cc1ccc(NCc2ccc(F)cc2F)nc1. The summed E-state index contributed by atoms with van der Waals surface area (Å²) in [5, 5.41) is 2.97. The minimum absolute atomic E-state index is 0.280. The Labute approximate surface area is 98.3 Å². The van der Waals surface area contributed by atoms with Gasteiger partial charge in [0.15, 0.2) is 0 Å². The Kier molecular flexibility index (Phi) is 3.32. The Hall–Kier alpha value is -1.97. The zero-order chi connectivity index (χ0) is 12.3. The fraction of sp³-hybridized carbons (Fsp3) is 0.154. The van der Waals surface area contributed by atoms with Crippen molar-refractivity contribution in [3.8, 4) is 0 Å². The van der Waals surface area contributed by atoms with Crippen LogP contribution >= 0.6 is 0 Å². The molecule has 0 bridgehead atoms. The van der Waals surface area contributed by atoms with Gasteiger partial charge in [-0.2, -0.15) is 0 Å². The van der Waals surface area contributed by atoms with Crippen LogP contribution in [-0.2, 0) is 6.54 Å². The van der Waals surface area contributed by atoms with Gasteiger partial charge in [-0.15, -0.1) is 0 Å². The van der Waals surface area contributed by atoms with Crippen molar-refractivity contribution in [3.05, 3.63) is 59.3 Å².